The molecule has 0 fully saturated rings. The van der Waals surface area contributed by atoms with E-state index in [4.69, 9.17) is 0 Å². The van der Waals surface area contributed by atoms with Gasteiger partial charge in [-0.25, -0.2) is 0 Å². The first-order valence-electron chi connectivity index (χ1n) is 4.75. The third-order valence-electron chi connectivity index (χ3n) is 2.19. The summed E-state index contributed by atoms with van der Waals surface area (Å²) in [6, 6.07) is 10.7. The molecule has 0 amide bonds. The summed E-state index contributed by atoms with van der Waals surface area (Å²) < 4.78 is 0. The van der Waals surface area contributed by atoms with Crippen molar-refractivity contribution in [3.63, 3.8) is 0 Å². The van der Waals surface area contributed by atoms with E-state index in [9.17, 15) is 0 Å². The lowest BCUT2D eigenvalue weighted by atomic mass is 9.92. The summed E-state index contributed by atoms with van der Waals surface area (Å²) in [5, 5.41) is 0. The largest absolute Gasteiger partial charge is 0.0776 e. The van der Waals surface area contributed by atoms with Crippen LogP contribution in [0.15, 0.2) is 30.3 Å². The minimum absolute atomic E-state index is 0. The molecule has 1 aromatic carbocycles. The van der Waals surface area contributed by atoms with Crippen LogP contribution in [0.4, 0.5) is 0 Å². The van der Waals surface area contributed by atoms with Gasteiger partial charge in [0.2, 0.25) is 0 Å². The predicted octanol–water partition coefficient (Wildman–Crippen LogP) is 4.47. The first-order chi connectivity index (χ1) is 5.70. The van der Waals surface area contributed by atoms with E-state index in [1.807, 2.05) is 0 Å². The molecule has 0 bridgehead atoms. The molecule has 1 aromatic rings. The van der Waals surface area contributed by atoms with Crippen molar-refractivity contribution in [1.29, 1.82) is 0 Å². The molecule has 0 heteroatoms. The molecular weight excluding hydrogens is 156 g/mol. The SMILES string of the molecule is C.CC(C)CC(C)c1ccccc1. The van der Waals surface area contributed by atoms with Crippen LogP contribution < -0.4 is 0 Å². The molecule has 1 atom stereocenters. The van der Waals surface area contributed by atoms with E-state index in [1.54, 1.807) is 0 Å². The van der Waals surface area contributed by atoms with Crippen LogP contribution in [0.2, 0.25) is 0 Å². The first-order valence-corrected chi connectivity index (χ1v) is 4.75. The van der Waals surface area contributed by atoms with E-state index in [1.165, 1.54) is 12.0 Å². The van der Waals surface area contributed by atoms with E-state index in [0.717, 1.165) is 5.92 Å². The second-order valence-electron chi connectivity index (χ2n) is 3.94. The highest BCUT2D eigenvalue weighted by Crippen LogP contribution is 2.22. The van der Waals surface area contributed by atoms with Gasteiger partial charge in [-0.1, -0.05) is 58.5 Å². The maximum Gasteiger partial charge on any atom is -0.0188 e. The molecule has 0 N–H and O–H groups in total. The molecule has 0 heterocycles. The summed E-state index contributed by atoms with van der Waals surface area (Å²) in [6.45, 7) is 6.86. The van der Waals surface area contributed by atoms with Crippen LogP contribution in [0.1, 0.15) is 46.1 Å². The number of benzene rings is 1. The molecule has 0 aromatic heterocycles. The molecule has 0 aliphatic heterocycles. The fraction of sp³-hybridized carbons (Fsp3) is 0.538. The lowest BCUT2D eigenvalue weighted by molar-refractivity contribution is 0.524. The molecule has 0 saturated heterocycles. The molecule has 0 aliphatic carbocycles. The Bertz CT molecular complexity index is 211. The van der Waals surface area contributed by atoms with E-state index in [-0.39, 0.29) is 7.43 Å². The maximum atomic E-state index is 2.30. The third kappa shape index (κ3) is 4.12. The van der Waals surface area contributed by atoms with Gasteiger partial charge in [0.15, 0.2) is 0 Å². The topological polar surface area (TPSA) is 0 Å². The van der Waals surface area contributed by atoms with Gasteiger partial charge in [0.1, 0.15) is 0 Å². The number of hydrogen-bond acceptors (Lipinski definition) is 0. The summed E-state index contributed by atoms with van der Waals surface area (Å²) >= 11 is 0. The second-order valence-corrected chi connectivity index (χ2v) is 3.94. The Morgan fingerprint density at radius 3 is 2.00 bits per heavy atom. The van der Waals surface area contributed by atoms with Crippen LogP contribution in [0.3, 0.4) is 0 Å². The lowest BCUT2D eigenvalue weighted by Crippen LogP contribution is -1.97. The van der Waals surface area contributed by atoms with Gasteiger partial charge in [0.25, 0.3) is 0 Å². The molecule has 74 valence electrons. The summed E-state index contributed by atoms with van der Waals surface area (Å²) in [5.74, 6) is 1.49. The quantitative estimate of drug-likeness (QED) is 0.640. The molecule has 0 aliphatic rings. The molecule has 0 saturated carbocycles. The van der Waals surface area contributed by atoms with E-state index >= 15 is 0 Å². The Labute approximate surface area is 83.0 Å². The minimum Gasteiger partial charge on any atom is -0.0776 e. The molecule has 0 nitrogen and oxygen atoms in total. The minimum atomic E-state index is 0. The lowest BCUT2D eigenvalue weighted by Gasteiger charge is -2.13. The van der Waals surface area contributed by atoms with Crippen molar-refractivity contribution in [2.75, 3.05) is 0 Å². The van der Waals surface area contributed by atoms with Crippen molar-refractivity contribution in [3.05, 3.63) is 35.9 Å². The monoisotopic (exact) mass is 178 g/mol. The van der Waals surface area contributed by atoms with Crippen molar-refractivity contribution in [2.45, 2.75) is 40.5 Å². The van der Waals surface area contributed by atoms with Crippen LogP contribution in [0.25, 0.3) is 0 Å². The molecule has 0 radical (unpaired) electrons. The Morgan fingerprint density at radius 1 is 1.00 bits per heavy atom. The van der Waals surface area contributed by atoms with Gasteiger partial charge in [0, 0.05) is 0 Å². The van der Waals surface area contributed by atoms with Gasteiger partial charge in [-0.2, -0.15) is 0 Å². The van der Waals surface area contributed by atoms with Crippen molar-refractivity contribution in [2.24, 2.45) is 5.92 Å². The van der Waals surface area contributed by atoms with Crippen molar-refractivity contribution < 1.29 is 0 Å². The standard InChI is InChI=1S/C12H18.CH4/c1-10(2)9-11(3)12-7-5-4-6-8-12;/h4-8,10-11H,9H2,1-3H3;1H4. The Balaban J connectivity index is 0.00000144. The maximum absolute atomic E-state index is 2.30. The zero-order chi connectivity index (χ0) is 8.97. The number of rotatable bonds is 3. The fourth-order valence-corrected chi connectivity index (χ4v) is 1.62. The Hall–Kier alpha value is -0.780. The highest BCUT2D eigenvalue weighted by atomic mass is 14.1. The van der Waals surface area contributed by atoms with E-state index in [2.05, 4.69) is 51.1 Å². The number of hydrogen-bond donors (Lipinski definition) is 0. The fourth-order valence-electron chi connectivity index (χ4n) is 1.62. The molecular formula is C13H22. The average molecular weight is 178 g/mol. The van der Waals surface area contributed by atoms with E-state index in [0.29, 0.717) is 5.92 Å². The summed E-state index contributed by atoms with van der Waals surface area (Å²) in [4.78, 5) is 0. The average Bonchev–Trinajstić information content (AvgIpc) is 2.05. The van der Waals surface area contributed by atoms with Crippen molar-refractivity contribution >= 4 is 0 Å². The van der Waals surface area contributed by atoms with Crippen LogP contribution in [0.5, 0.6) is 0 Å². The first kappa shape index (κ1) is 12.2. The Morgan fingerprint density at radius 2 is 1.54 bits per heavy atom. The molecule has 0 spiro atoms. The second kappa shape index (κ2) is 5.80. The van der Waals surface area contributed by atoms with E-state index < -0.39 is 0 Å². The Kier molecular flexibility index (Phi) is 5.45. The molecule has 1 unspecified atom stereocenters. The molecule has 13 heavy (non-hydrogen) atoms. The van der Waals surface area contributed by atoms with Crippen LogP contribution >= 0.6 is 0 Å². The van der Waals surface area contributed by atoms with Crippen molar-refractivity contribution in [1.82, 2.24) is 0 Å². The zero-order valence-corrected chi connectivity index (χ0v) is 8.25. The normalized spacial score (nSPS) is 12.3. The smallest absolute Gasteiger partial charge is 0.0188 e. The van der Waals surface area contributed by atoms with Crippen LogP contribution in [-0.4, -0.2) is 0 Å². The summed E-state index contributed by atoms with van der Waals surface area (Å²) in [7, 11) is 0. The van der Waals surface area contributed by atoms with Gasteiger partial charge in [0.05, 0.1) is 0 Å². The van der Waals surface area contributed by atoms with Crippen LogP contribution in [-0.2, 0) is 0 Å². The van der Waals surface area contributed by atoms with Gasteiger partial charge in [-0.15, -0.1) is 0 Å². The van der Waals surface area contributed by atoms with Gasteiger partial charge < -0.3 is 0 Å². The zero-order valence-electron chi connectivity index (χ0n) is 8.25. The van der Waals surface area contributed by atoms with Gasteiger partial charge in [-0.3, -0.25) is 0 Å². The highest BCUT2D eigenvalue weighted by Gasteiger charge is 2.06. The van der Waals surface area contributed by atoms with Crippen molar-refractivity contribution in [3.8, 4) is 0 Å². The third-order valence-corrected chi connectivity index (χ3v) is 2.19. The van der Waals surface area contributed by atoms with Gasteiger partial charge in [-0.05, 0) is 23.8 Å². The summed E-state index contributed by atoms with van der Waals surface area (Å²) in [6.07, 6.45) is 1.28. The predicted molar refractivity (Wildman–Crippen MR) is 61.0 cm³/mol. The van der Waals surface area contributed by atoms with Crippen LogP contribution in [0, 0.1) is 5.92 Å². The van der Waals surface area contributed by atoms with Gasteiger partial charge >= 0.3 is 0 Å². The highest BCUT2D eigenvalue weighted by molar-refractivity contribution is 5.18. The summed E-state index contributed by atoms with van der Waals surface area (Å²) in [5.41, 5.74) is 1.46. The molecule has 1 rings (SSSR count).